The summed E-state index contributed by atoms with van der Waals surface area (Å²) in [6.07, 6.45) is 0. The van der Waals surface area contributed by atoms with Gasteiger partial charge in [0.15, 0.2) is 0 Å². The number of para-hydroxylation sites is 3. The summed E-state index contributed by atoms with van der Waals surface area (Å²) >= 11 is 0. The summed E-state index contributed by atoms with van der Waals surface area (Å²) in [5.74, 6) is 0. The number of hydrogen-bond donors (Lipinski definition) is 0. The highest BCUT2D eigenvalue weighted by molar-refractivity contribution is 6.15. The van der Waals surface area contributed by atoms with Crippen LogP contribution in [-0.2, 0) is 0 Å². The maximum atomic E-state index is 9.83. The Hall–Kier alpha value is -7.66. The first kappa shape index (κ1) is 31.1. The van der Waals surface area contributed by atoms with Gasteiger partial charge in [0.2, 0.25) is 0 Å². The molecule has 0 N–H and O–H groups in total. The lowest BCUT2D eigenvalue weighted by Crippen LogP contribution is -1.96. The molecule has 2 aromatic heterocycles. The van der Waals surface area contributed by atoms with Crippen molar-refractivity contribution in [3.63, 3.8) is 0 Å². The van der Waals surface area contributed by atoms with Crippen molar-refractivity contribution in [3.8, 4) is 56.9 Å². The Morgan fingerprint density at radius 2 is 0.889 bits per heavy atom. The molecule has 0 fully saturated rings. The minimum atomic E-state index is 0.638. The normalized spacial score (nSPS) is 11.3. The smallest absolute Gasteiger partial charge is 0.0991 e. The second kappa shape index (κ2) is 12.5. The largest absolute Gasteiger partial charge is 0.309 e. The molecular weight excluding hydrogens is 657 g/mol. The van der Waals surface area contributed by atoms with Gasteiger partial charge in [0.1, 0.15) is 0 Å². The molecule has 10 rings (SSSR count). The van der Waals surface area contributed by atoms with Gasteiger partial charge < -0.3 is 9.13 Å². The van der Waals surface area contributed by atoms with E-state index in [1.807, 2.05) is 42.5 Å². The lowest BCUT2D eigenvalue weighted by atomic mass is 9.88. The van der Waals surface area contributed by atoms with Crippen LogP contribution >= 0.6 is 0 Å². The average Bonchev–Trinajstić information content (AvgIpc) is 3.76. The molecule has 2 heterocycles. The van der Waals surface area contributed by atoms with Crippen LogP contribution in [0.5, 0.6) is 0 Å². The number of benzene rings is 8. The van der Waals surface area contributed by atoms with E-state index < -0.39 is 0 Å². The van der Waals surface area contributed by atoms with Crippen LogP contribution in [0.15, 0.2) is 182 Å². The highest BCUT2D eigenvalue weighted by atomic mass is 15.0. The summed E-state index contributed by atoms with van der Waals surface area (Å²) < 4.78 is 4.63. The summed E-state index contributed by atoms with van der Waals surface area (Å²) in [7, 11) is 0. The molecule has 0 aliphatic heterocycles. The first-order valence-electron chi connectivity index (χ1n) is 18.0. The summed E-state index contributed by atoms with van der Waals surface area (Å²) in [6, 6.07) is 68.0. The maximum absolute atomic E-state index is 9.83. The quantitative estimate of drug-likeness (QED) is 0.181. The van der Waals surface area contributed by atoms with E-state index in [-0.39, 0.29) is 0 Å². The summed E-state index contributed by atoms with van der Waals surface area (Å²) in [6.45, 7) is 0. The SMILES string of the molecule is N#Cc1ccc(-n2c3ccccc3c3ccc(-c4ccccc4-c4ccccc4-c4cccc5c6cc(C#N)ccc6n(-c6ccccc6)c45)cc32)cc1. The average molecular weight is 687 g/mol. The lowest BCUT2D eigenvalue weighted by Gasteiger charge is -2.17. The topological polar surface area (TPSA) is 57.4 Å². The van der Waals surface area contributed by atoms with Crippen molar-refractivity contribution in [2.24, 2.45) is 0 Å². The Labute approximate surface area is 312 Å². The van der Waals surface area contributed by atoms with E-state index in [9.17, 15) is 10.5 Å². The van der Waals surface area contributed by atoms with Gasteiger partial charge in [-0.15, -0.1) is 0 Å². The summed E-state index contributed by atoms with van der Waals surface area (Å²) in [4.78, 5) is 0. The van der Waals surface area contributed by atoms with Crippen LogP contribution in [0.4, 0.5) is 0 Å². The first-order chi connectivity index (χ1) is 26.7. The summed E-state index contributed by atoms with van der Waals surface area (Å²) in [5.41, 5.74) is 14.5. The Kier molecular flexibility index (Phi) is 7.22. The van der Waals surface area contributed by atoms with Crippen LogP contribution in [0.3, 0.4) is 0 Å². The molecule has 8 aromatic carbocycles. The molecule has 0 aliphatic carbocycles. The Bertz CT molecular complexity index is 3170. The predicted molar refractivity (Wildman–Crippen MR) is 221 cm³/mol. The molecule has 4 nitrogen and oxygen atoms in total. The van der Waals surface area contributed by atoms with E-state index >= 15 is 0 Å². The van der Waals surface area contributed by atoms with Crippen molar-refractivity contribution in [2.75, 3.05) is 0 Å². The molecule has 0 bridgehead atoms. The third kappa shape index (κ3) is 4.83. The minimum absolute atomic E-state index is 0.638. The molecule has 0 unspecified atom stereocenters. The molecule has 0 radical (unpaired) electrons. The van der Waals surface area contributed by atoms with Crippen LogP contribution in [-0.4, -0.2) is 9.13 Å². The van der Waals surface area contributed by atoms with Crippen molar-refractivity contribution < 1.29 is 0 Å². The molecule has 10 aromatic rings. The van der Waals surface area contributed by atoms with E-state index in [2.05, 4.69) is 161 Å². The van der Waals surface area contributed by atoms with Crippen LogP contribution in [0, 0.1) is 22.7 Å². The fraction of sp³-hybridized carbons (Fsp3) is 0. The zero-order valence-electron chi connectivity index (χ0n) is 29.1. The zero-order valence-corrected chi connectivity index (χ0v) is 29.1. The van der Waals surface area contributed by atoms with Crippen molar-refractivity contribution in [3.05, 3.63) is 193 Å². The molecule has 0 spiro atoms. The van der Waals surface area contributed by atoms with E-state index in [1.54, 1.807) is 0 Å². The van der Waals surface area contributed by atoms with Crippen molar-refractivity contribution >= 4 is 43.6 Å². The molecule has 250 valence electrons. The third-order valence-corrected chi connectivity index (χ3v) is 10.6. The van der Waals surface area contributed by atoms with Gasteiger partial charge in [0.25, 0.3) is 0 Å². The van der Waals surface area contributed by atoms with Crippen molar-refractivity contribution in [2.45, 2.75) is 0 Å². The number of fused-ring (bicyclic) bond motifs is 6. The van der Waals surface area contributed by atoms with E-state index in [0.29, 0.717) is 11.1 Å². The minimum Gasteiger partial charge on any atom is -0.309 e. The molecule has 54 heavy (non-hydrogen) atoms. The highest BCUT2D eigenvalue weighted by Crippen LogP contribution is 2.44. The molecule has 4 heteroatoms. The molecular formula is C50H30N4. The number of hydrogen-bond acceptors (Lipinski definition) is 2. The van der Waals surface area contributed by atoms with Crippen molar-refractivity contribution in [1.82, 2.24) is 9.13 Å². The Morgan fingerprint density at radius 3 is 1.65 bits per heavy atom. The Morgan fingerprint density at radius 1 is 0.333 bits per heavy atom. The zero-order chi connectivity index (χ0) is 36.2. The third-order valence-electron chi connectivity index (χ3n) is 10.6. The second-order valence-electron chi connectivity index (χ2n) is 13.6. The summed E-state index contributed by atoms with van der Waals surface area (Å²) in [5, 5.41) is 23.8. The van der Waals surface area contributed by atoms with Gasteiger partial charge in [0.05, 0.1) is 45.3 Å². The van der Waals surface area contributed by atoms with Gasteiger partial charge in [-0.2, -0.15) is 10.5 Å². The number of nitrogens with zero attached hydrogens (tertiary/aromatic N) is 4. The van der Waals surface area contributed by atoms with Gasteiger partial charge in [-0.3, -0.25) is 0 Å². The predicted octanol–water partition coefficient (Wildman–Crippen LogP) is 12.6. The van der Waals surface area contributed by atoms with Gasteiger partial charge in [-0.25, -0.2) is 0 Å². The molecule has 0 amide bonds. The molecule has 0 saturated carbocycles. The van der Waals surface area contributed by atoms with E-state index in [1.165, 1.54) is 10.8 Å². The number of nitriles is 2. The van der Waals surface area contributed by atoms with Crippen LogP contribution < -0.4 is 0 Å². The fourth-order valence-electron chi connectivity index (χ4n) is 8.22. The van der Waals surface area contributed by atoms with Gasteiger partial charge in [-0.1, -0.05) is 115 Å². The molecule has 0 atom stereocenters. The highest BCUT2D eigenvalue weighted by Gasteiger charge is 2.21. The van der Waals surface area contributed by atoms with Crippen LogP contribution in [0.2, 0.25) is 0 Å². The maximum Gasteiger partial charge on any atom is 0.0991 e. The monoisotopic (exact) mass is 686 g/mol. The fourth-order valence-corrected chi connectivity index (χ4v) is 8.22. The standard InChI is InChI=1S/C50H30N4/c51-31-33-21-25-37(26-22-33)53-47-20-9-8-17-42(47)43-27-24-35(30-49(43)53)38-13-4-5-14-39(38)40-15-6-7-16-41(40)44-18-10-19-45-46-29-34(32-52)23-28-48(46)54(50(44)45)36-11-2-1-3-12-36/h1-30H. The van der Waals surface area contributed by atoms with Crippen LogP contribution in [0.25, 0.3) is 88.4 Å². The van der Waals surface area contributed by atoms with Crippen molar-refractivity contribution in [1.29, 1.82) is 10.5 Å². The van der Waals surface area contributed by atoms with E-state index in [4.69, 9.17) is 0 Å². The van der Waals surface area contributed by atoms with Gasteiger partial charge in [0, 0.05) is 38.5 Å². The van der Waals surface area contributed by atoms with Gasteiger partial charge in [-0.05, 0) is 94.5 Å². The number of rotatable bonds is 5. The molecule has 0 saturated heterocycles. The van der Waals surface area contributed by atoms with Crippen LogP contribution in [0.1, 0.15) is 11.1 Å². The lowest BCUT2D eigenvalue weighted by molar-refractivity contribution is 1.18. The molecule has 0 aliphatic rings. The first-order valence-corrected chi connectivity index (χ1v) is 18.0. The second-order valence-corrected chi connectivity index (χ2v) is 13.6. The number of aromatic nitrogens is 2. The van der Waals surface area contributed by atoms with Gasteiger partial charge >= 0.3 is 0 Å². The van der Waals surface area contributed by atoms with E-state index in [0.717, 1.165) is 77.6 Å². The Balaban J connectivity index is 1.21.